The molecule has 4 rings (SSSR count). The van der Waals surface area contributed by atoms with Crippen LogP contribution in [0.3, 0.4) is 0 Å². The normalized spacial score (nSPS) is 12.3. The van der Waals surface area contributed by atoms with E-state index in [0.717, 1.165) is 11.1 Å². The van der Waals surface area contributed by atoms with Crippen LogP contribution in [-0.2, 0) is 30.7 Å². The minimum absolute atomic E-state index is 0.0821. The average molecular weight is 548 g/mol. The number of fused-ring (bicyclic) bond motifs is 1. The Labute approximate surface area is 202 Å². The maximum absolute atomic E-state index is 13.3. The summed E-state index contributed by atoms with van der Waals surface area (Å²) >= 11 is 3.50. The van der Waals surface area contributed by atoms with Crippen LogP contribution < -0.4 is 0 Å². The van der Waals surface area contributed by atoms with Crippen LogP contribution in [0.4, 0.5) is 0 Å². The molecule has 0 aliphatic carbocycles. The Morgan fingerprint density at radius 1 is 0.818 bits per heavy atom. The molecule has 0 fully saturated rings. The molecule has 6 nitrogen and oxygen atoms in total. The van der Waals surface area contributed by atoms with Crippen molar-refractivity contribution in [2.24, 2.45) is 0 Å². The molecular weight excluding hydrogens is 526 g/mol. The second kappa shape index (κ2) is 9.06. The molecule has 0 radical (unpaired) electrons. The zero-order chi connectivity index (χ0) is 23.8. The van der Waals surface area contributed by atoms with Crippen LogP contribution in [0.25, 0.3) is 10.9 Å². The third kappa shape index (κ3) is 4.77. The summed E-state index contributed by atoms with van der Waals surface area (Å²) in [6, 6.07) is 18.4. The van der Waals surface area contributed by atoms with Gasteiger partial charge in [0.1, 0.15) is 0 Å². The zero-order valence-corrected chi connectivity index (χ0v) is 21.2. The molecule has 0 N–H and O–H groups in total. The fourth-order valence-corrected chi connectivity index (χ4v) is 6.44. The lowest BCUT2D eigenvalue weighted by molar-refractivity contribution is 0.322. The predicted molar refractivity (Wildman–Crippen MR) is 131 cm³/mol. The van der Waals surface area contributed by atoms with Crippen LogP contribution in [0.5, 0.6) is 0 Å². The summed E-state index contributed by atoms with van der Waals surface area (Å²) in [5.74, 6) is 0. The average Bonchev–Trinajstić information content (AvgIpc) is 3.15. The third-order valence-electron chi connectivity index (χ3n) is 5.32. The lowest BCUT2D eigenvalue weighted by Gasteiger charge is -2.08. The molecular formula is C24H22BrNO5S2. The predicted octanol–water partition coefficient (Wildman–Crippen LogP) is 5.21. The van der Waals surface area contributed by atoms with Crippen molar-refractivity contribution in [3.05, 3.63) is 94.1 Å². The second-order valence-corrected chi connectivity index (χ2v) is 12.0. The van der Waals surface area contributed by atoms with E-state index in [1.54, 1.807) is 48.5 Å². The van der Waals surface area contributed by atoms with E-state index in [2.05, 4.69) is 15.9 Å². The molecule has 0 bridgehead atoms. The molecule has 1 heterocycles. The van der Waals surface area contributed by atoms with Gasteiger partial charge in [0.2, 0.25) is 0 Å². The Morgan fingerprint density at radius 2 is 1.39 bits per heavy atom. The molecule has 0 aliphatic rings. The summed E-state index contributed by atoms with van der Waals surface area (Å²) in [6.45, 7) is 3.64. The third-order valence-corrected chi connectivity index (χ3v) is 9.00. The summed E-state index contributed by atoms with van der Waals surface area (Å²) in [4.78, 5) is 0.258. The Bertz CT molecular complexity index is 1520. The van der Waals surface area contributed by atoms with E-state index < -0.39 is 20.1 Å². The molecule has 33 heavy (non-hydrogen) atoms. The fourth-order valence-electron chi connectivity index (χ4n) is 3.54. The summed E-state index contributed by atoms with van der Waals surface area (Å²) in [7, 11) is -7.76. The highest BCUT2D eigenvalue weighted by Gasteiger charge is 2.23. The fraction of sp³-hybridized carbons (Fsp3) is 0.167. The van der Waals surface area contributed by atoms with Gasteiger partial charge in [0.25, 0.3) is 20.1 Å². The van der Waals surface area contributed by atoms with Crippen LogP contribution in [0, 0.1) is 13.8 Å². The molecule has 0 spiro atoms. The minimum atomic E-state index is -3.92. The molecule has 172 valence electrons. The van der Waals surface area contributed by atoms with Gasteiger partial charge in [-0.2, -0.15) is 8.42 Å². The lowest BCUT2D eigenvalue weighted by Crippen LogP contribution is -2.12. The van der Waals surface area contributed by atoms with Gasteiger partial charge in [0, 0.05) is 16.1 Å². The van der Waals surface area contributed by atoms with Gasteiger partial charge in [-0.25, -0.2) is 12.4 Å². The highest BCUT2D eigenvalue weighted by molar-refractivity contribution is 9.10. The van der Waals surface area contributed by atoms with Crippen LogP contribution >= 0.6 is 15.9 Å². The first-order valence-corrected chi connectivity index (χ1v) is 13.8. The number of nitrogens with zero attached hydrogens (tertiary/aromatic N) is 1. The maximum Gasteiger partial charge on any atom is 0.296 e. The first-order chi connectivity index (χ1) is 15.6. The smallest absolute Gasteiger partial charge is 0.266 e. The van der Waals surface area contributed by atoms with E-state index in [4.69, 9.17) is 4.18 Å². The van der Waals surface area contributed by atoms with E-state index in [1.807, 2.05) is 19.9 Å². The van der Waals surface area contributed by atoms with Crippen molar-refractivity contribution in [3.63, 3.8) is 0 Å². The number of rotatable bonds is 7. The van der Waals surface area contributed by atoms with Gasteiger partial charge < -0.3 is 0 Å². The van der Waals surface area contributed by atoms with Gasteiger partial charge in [-0.15, -0.1) is 0 Å². The van der Waals surface area contributed by atoms with Gasteiger partial charge in [0.05, 0.1) is 21.9 Å². The zero-order valence-electron chi connectivity index (χ0n) is 18.0. The van der Waals surface area contributed by atoms with Crippen molar-refractivity contribution in [3.8, 4) is 0 Å². The summed E-state index contributed by atoms with van der Waals surface area (Å²) in [5, 5.41) is 0.699. The quantitative estimate of drug-likeness (QED) is 0.297. The van der Waals surface area contributed by atoms with Gasteiger partial charge in [0.15, 0.2) is 0 Å². The molecule has 0 saturated carbocycles. The Morgan fingerprint density at radius 3 is 2.00 bits per heavy atom. The topological polar surface area (TPSA) is 82.4 Å². The van der Waals surface area contributed by atoms with E-state index in [1.165, 1.54) is 22.3 Å². The number of aromatic nitrogens is 1. The van der Waals surface area contributed by atoms with Crippen molar-refractivity contribution in [2.75, 3.05) is 6.61 Å². The van der Waals surface area contributed by atoms with Gasteiger partial charge in [-0.05, 0) is 62.2 Å². The van der Waals surface area contributed by atoms with Crippen LogP contribution in [-0.4, -0.2) is 27.4 Å². The molecule has 3 aromatic carbocycles. The molecule has 0 aliphatic heterocycles. The van der Waals surface area contributed by atoms with Crippen molar-refractivity contribution in [1.29, 1.82) is 0 Å². The number of benzene rings is 3. The van der Waals surface area contributed by atoms with Crippen molar-refractivity contribution < 1.29 is 21.0 Å². The van der Waals surface area contributed by atoms with E-state index >= 15 is 0 Å². The summed E-state index contributed by atoms with van der Waals surface area (Å²) in [6.07, 6.45) is 1.74. The standard InChI is InChI=1S/C24H22BrNO5S2/c1-17-6-10-20(11-7-17)32(27,28)26-16-19(24-22(25)4-3-5-23(24)26)14-15-31-33(29,30)21-12-8-18(2)9-13-21/h3-13,16H,14-15H2,1-2H3. The number of halogens is 1. The number of hydrogen-bond acceptors (Lipinski definition) is 5. The maximum atomic E-state index is 13.3. The van der Waals surface area contributed by atoms with Crippen molar-refractivity contribution >= 4 is 47.0 Å². The largest absolute Gasteiger partial charge is 0.296 e. The summed E-state index contributed by atoms with van der Waals surface area (Å²) in [5.41, 5.74) is 3.07. The number of hydrogen-bond donors (Lipinski definition) is 0. The summed E-state index contributed by atoms with van der Waals surface area (Å²) < 4.78 is 58.9. The first-order valence-electron chi connectivity index (χ1n) is 10.2. The van der Waals surface area contributed by atoms with Gasteiger partial charge in [-0.1, -0.05) is 57.4 Å². The highest BCUT2D eigenvalue weighted by Crippen LogP contribution is 2.32. The van der Waals surface area contributed by atoms with Crippen molar-refractivity contribution in [1.82, 2.24) is 3.97 Å². The highest BCUT2D eigenvalue weighted by atomic mass is 79.9. The Kier molecular flexibility index (Phi) is 6.50. The van der Waals surface area contributed by atoms with E-state index in [0.29, 0.717) is 20.9 Å². The number of aryl methyl sites for hydroxylation is 2. The minimum Gasteiger partial charge on any atom is -0.266 e. The molecule has 0 saturated heterocycles. The molecule has 0 unspecified atom stereocenters. The first kappa shape index (κ1) is 23.7. The Balaban J connectivity index is 1.66. The van der Waals surface area contributed by atoms with Gasteiger partial charge >= 0.3 is 0 Å². The van der Waals surface area contributed by atoms with Crippen LogP contribution in [0.1, 0.15) is 16.7 Å². The van der Waals surface area contributed by atoms with Gasteiger partial charge in [-0.3, -0.25) is 4.18 Å². The lowest BCUT2D eigenvalue weighted by atomic mass is 10.1. The molecule has 1 aromatic heterocycles. The second-order valence-electron chi connectivity index (χ2n) is 7.74. The molecule has 4 aromatic rings. The molecule has 0 amide bonds. The Hall–Kier alpha value is -2.46. The van der Waals surface area contributed by atoms with E-state index in [9.17, 15) is 16.8 Å². The van der Waals surface area contributed by atoms with Crippen molar-refractivity contribution in [2.45, 2.75) is 30.1 Å². The SMILES string of the molecule is Cc1ccc(S(=O)(=O)OCCc2cn(S(=O)(=O)c3ccc(C)cc3)c3cccc(Br)c23)cc1. The molecule has 0 atom stereocenters. The monoisotopic (exact) mass is 547 g/mol. The van der Waals surface area contributed by atoms with Crippen LogP contribution in [0.2, 0.25) is 0 Å². The van der Waals surface area contributed by atoms with Crippen LogP contribution in [0.15, 0.2) is 87.2 Å². The molecule has 9 heteroatoms. The van der Waals surface area contributed by atoms with E-state index in [-0.39, 0.29) is 22.8 Å².